The SMILES string of the molecule is CCOC(=O)Cn1c(=O)c2c(nc3n(CCN4CCOCC4)c(C)c(C)n23)n(C)c1=O. The van der Waals surface area contributed by atoms with Crippen LogP contribution in [-0.4, -0.2) is 73.4 Å². The molecule has 1 aliphatic rings. The fourth-order valence-corrected chi connectivity index (χ4v) is 4.12. The van der Waals surface area contributed by atoms with Gasteiger partial charge in [-0.3, -0.25) is 23.5 Å². The zero-order chi connectivity index (χ0) is 22.3. The van der Waals surface area contributed by atoms with Gasteiger partial charge in [-0.05, 0) is 20.8 Å². The number of hydrogen-bond acceptors (Lipinski definition) is 7. The van der Waals surface area contributed by atoms with Crippen LogP contribution in [0.15, 0.2) is 9.59 Å². The zero-order valence-electron chi connectivity index (χ0n) is 18.4. The summed E-state index contributed by atoms with van der Waals surface area (Å²) in [5.41, 5.74) is 1.31. The summed E-state index contributed by atoms with van der Waals surface area (Å²) in [5.74, 6) is -0.0166. The summed E-state index contributed by atoms with van der Waals surface area (Å²) in [4.78, 5) is 44.9. The number of rotatable bonds is 6. The van der Waals surface area contributed by atoms with Crippen molar-refractivity contribution in [2.24, 2.45) is 7.05 Å². The molecular formula is C20H28N6O5. The highest BCUT2D eigenvalue weighted by molar-refractivity contribution is 5.77. The van der Waals surface area contributed by atoms with E-state index in [1.807, 2.05) is 13.8 Å². The molecule has 3 aromatic rings. The van der Waals surface area contributed by atoms with E-state index in [1.165, 1.54) is 4.57 Å². The number of morpholine rings is 1. The molecule has 168 valence electrons. The number of nitrogens with zero attached hydrogens (tertiary/aromatic N) is 6. The molecule has 11 nitrogen and oxygen atoms in total. The Labute approximate surface area is 178 Å². The van der Waals surface area contributed by atoms with Crippen molar-refractivity contribution in [1.82, 2.24) is 28.0 Å². The van der Waals surface area contributed by atoms with Crippen LogP contribution in [0.4, 0.5) is 0 Å². The molecule has 1 aliphatic heterocycles. The molecule has 0 atom stereocenters. The summed E-state index contributed by atoms with van der Waals surface area (Å²) in [6.45, 7) is 10.1. The van der Waals surface area contributed by atoms with Crippen LogP contribution < -0.4 is 11.2 Å². The first-order valence-corrected chi connectivity index (χ1v) is 10.5. The Bertz CT molecular complexity index is 1260. The van der Waals surface area contributed by atoms with Crippen molar-refractivity contribution < 1.29 is 14.3 Å². The highest BCUT2D eigenvalue weighted by Crippen LogP contribution is 2.20. The van der Waals surface area contributed by atoms with Crippen LogP contribution in [0, 0.1) is 13.8 Å². The van der Waals surface area contributed by atoms with Crippen LogP contribution in [0.1, 0.15) is 18.3 Å². The lowest BCUT2D eigenvalue weighted by molar-refractivity contribution is -0.143. The first-order chi connectivity index (χ1) is 14.8. The molecule has 11 heteroatoms. The summed E-state index contributed by atoms with van der Waals surface area (Å²) in [7, 11) is 1.55. The minimum Gasteiger partial charge on any atom is -0.465 e. The van der Waals surface area contributed by atoms with Crippen LogP contribution in [0.25, 0.3) is 16.9 Å². The molecular weight excluding hydrogens is 404 g/mol. The normalized spacial score (nSPS) is 15.2. The van der Waals surface area contributed by atoms with Crippen LogP contribution in [-0.2, 0) is 34.4 Å². The van der Waals surface area contributed by atoms with Crippen molar-refractivity contribution in [3.8, 4) is 0 Å². The molecule has 31 heavy (non-hydrogen) atoms. The average Bonchev–Trinajstić information content (AvgIpc) is 3.25. The number of esters is 1. The number of aryl methyl sites for hydroxylation is 2. The molecule has 0 unspecified atom stereocenters. The second kappa shape index (κ2) is 8.31. The summed E-state index contributed by atoms with van der Waals surface area (Å²) >= 11 is 0. The minimum absolute atomic E-state index is 0.178. The molecule has 0 spiro atoms. The third-order valence-corrected chi connectivity index (χ3v) is 5.97. The van der Waals surface area contributed by atoms with Gasteiger partial charge in [-0.25, -0.2) is 9.36 Å². The molecule has 0 N–H and O–H groups in total. The first-order valence-electron chi connectivity index (χ1n) is 10.5. The Balaban J connectivity index is 1.83. The molecule has 1 saturated heterocycles. The Morgan fingerprint density at radius 2 is 1.81 bits per heavy atom. The number of aromatic nitrogens is 5. The number of carbonyl (C=O) groups is 1. The monoisotopic (exact) mass is 432 g/mol. The van der Waals surface area contributed by atoms with Crippen LogP contribution >= 0.6 is 0 Å². The zero-order valence-corrected chi connectivity index (χ0v) is 18.4. The highest BCUT2D eigenvalue weighted by atomic mass is 16.5. The van der Waals surface area contributed by atoms with Gasteiger partial charge in [0.1, 0.15) is 6.54 Å². The molecule has 0 radical (unpaired) electrons. The smallest absolute Gasteiger partial charge is 0.333 e. The third kappa shape index (κ3) is 3.57. The fraction of sp³-hybridized carbons (Fsp3) is 0.600. The first kappa shape index (κ1) is 21.3. The van der Waals surface area contributed by atoms with Crippen molar-refractivity contribution in [2.75, 3.05) is 39.5 Å². The van der Waals surface area contributed by atoms with Gasteiger partial charge in [-0.2, -0.15) is 4.98 Å². The minimum atomic E-state index is -0.627. The lowest BCUT2D eigenvalue weighted by Gasteiger charge is -2.26. The van der Waals surface area contributed by atoms with Crippen LogP contribution in [0.2, 0.25) is 0 Å². The van der Waals surface area contributed by atoms with Gasteiger partial charge in [-0.1, -0.05) is 0 Å². The largest absolute Gasteiger partial charge is 0.465 e. The molecule has 4 rings (SSSR count). The molecule has 0 bridgehead atoms. The van der Waals surface area contributed by atoms with E-state index in [0.717, 1.165) is 48.8 Å². The number of fused-ring (bicyclic) bond motifs is 3. The summed E-state index contributed by atoms with van der Waals surface area (Å²) in [6.07, 6.45) is 0. The van der Waals surface area contributed by atoms with Crippen LogP contribution in [0.3, 0.4) is 0 Å². The Morgan fingerprint density at radius 3 is 2.48 bits per heavy atom. The van der Waals surface area contributed by atoms with E-state index in [0.29, 0.717) is 18.0 Å². The standard InChI is InChI=1S/C20H28N6O5/c1-5-31-15(27)12-25-18(28)16-17(22(4)20(25)29)21-19-24(13(2)14(3)26(16)19)7-6-23-8-10-30-11-9-23/h5-12H2,1-4H3. The van der Waals surface area contributed by atoms with Gasteiger partial charge in [0.05, 0.1) is 19.8 Å². The maximum atomic E-state index is 13.2. The van der Waals surface area contributed by atoms with E-state index in [9.17, 15) is 14.4 Å². The molecule has 0 aromatic carbocycles. The molecule has 3 aromatic heterocycles. The predicted molar refractivity (Wildman–Crippen MR) is 114 cm³/mol. The van der Waals surface area contributed by atoms with E-state index in [2.05, 4.69) is 14.5 Å². The topological polar surface area (TPSA) is 105 Å². The Morgan fingerprint density at radius 1 is 1.10 bits per heavy atom. The van der Waals surface area contributed by atoms with Crippen molar-refractivity contribution >= 4 is 22.9 Å². The lowest BCUT2D eigenvalue weighted by atomic mass is 10.3. The number of ether oxygens (including phenoxy) is 2. The number of hydrogen-bond donors (Lipinski definition) is 0. The fourth-order valence-electron chi connectivity index (χ4n) is 4.12. The second-order valence-electron chi connectivity index (χ2n) is 7.73. The van der Waals surface area contributed by atoms with E-state index in [4.69, 9.17) is 9.47 Å². The van der Waals surface area contributed by atoms with Gasteiger partial charge >= 0.3 is 11.7 Å². The van der Waals surface area contributed by atoms with E-state index in [-0.39, 0.29) is 12.1 Å². The predicted octanol–water partition coefficient (Wildman–Crippen LogP) is -0.338. The third-order valence-electron chi connectivity index (χ3n) is 5.97. The maximum absolute atomic E-state index is 13.2. The van der Waals surface area contributed by atoms with E-state index < -0.39 is 23.8 Å². The second-order valence-corrected chi connectivity index (χ2v) is 7.73. The molecule has 0 saturated carbocycles. The van der Waals surface area contributed by atoms with E-state index in [1.54, 1.807) is 18.4 Å². The van der Waals surface area contributed by atoms with Gasteiger partial charge < -0.3 is 14.0 Å². The number of carbonyl (C=O) groups excluding carboxylic acids is 1. The molecule has 4 heterocycles. The molecule has 0 aliphatic carbocycles. The van der Waals surface area contributed by atoms with Crippen molar-refractivity contribution in [1.29, 1.82) is 0 Å². The maximum Gasteiger partial charge on any atom is 0.333 e. The summed E-state index contributed by atoms with van der Waals surface area (Å²) in [5, 5.41) is 0. The molecule has 0 amide bonds. The van der Waals surface area contributed by atoms with Gasteiger partial charge in [0.25, 0.3) is 5.56 Å². The summed E-state index contributed by atoms with van der Waals surface area (Å²) < 4.78 is 16.4. The number of imidazole rings is 2. The van der Waals surface area contributed by atoms with Crippen LogP contribution in [0.5, 0.6) is 0 Å². The van der Waals surface area contributed by atoms with Gasteiger partial charge in [0, 0.05) is 44.6 Å². The van der Waals surface area contributed by atoms with Gasteiger partial charge in [0.15, 0.2) is 11.2 Å². The summed E-state index contributed by atoms with van der Waals surface area (Å²) in [6, 6.07) is 0. The van der Waals surface area contributed by atoms with Crippen molar-refractivity contribution in [2.45, 2.75) is 33.9 Å². The highest BCUT2D eigenvalue weighted by Gasteiger charge is 2.24. The average molecular weight is 432 g/mol. The lowest BCUT2D eigenvalue weighted by Crippen LogP contribution is -2.41. The quantitative estimate of drug-likeness (QED) is 0.491. The van der Waals surface area contributed by atoms with Crippen molar-refractivity contribution in [3.05, 3.63) is 32.2 Å². The van der Waals surface area contributed by atoms with Gasteiger partial charge in [-0.15, -0.1) is 0 Å². The van der Waals surface area contributed by atoms with E-state index >= 15 is 0 Å². The molecule has 1 fully saturated rings. The Hall–Kier alpha value is -2.92. The van der Waals surface area contributed by atoms with Crippen molar-refractivity contribution in [3.63, 3.8) is 0 Å². The van der Waals surface area contributed by atoms with Gasteiger partial charge in [0.2, 0.25) is 5.78 Å². The Kier molecular flexibility index (Phi) is 5.71.